The number of benzene rings is 2. The van der Waals surface area contributed by atoms with E-state index in [-0.39, 0.29) is 11.6 Å². The fraction of sp³-hybridized carbons (Fsp3) is 0.176. The minimum Gasteiger partial charge on any atom is -0.489 e. The molecule has 126 valence electrons. The van der Waals surface area contributed by atoms with Crippen molar-refractivity contribution >= 4 is 31.7 Å². The topological polar surface area (TPSA) is 55.8 Å². The van der Waals surface area contributed by atoms with Crippen LogP contribution in [0.3, 0.4) is 0 Å². The number of hydrogen-bond acceptors (Lipinski definition) is 4. The van der Waals surface area contributed by atoms with E-state index in [1.165, 1.54) is 6.20 Å². The van der Waals surface area contributed by atoms with Crippen molar-refractivity contribution in [3.63, 3.8) is 0 Å². The summed E-state index contributed by atoms with van der Waals surface area (Å²) < 4.78 is 38.8. The minimum absolute atomic E-state index is 0.0574. The molecule has 7 heteroatoms. The number of hydrogen-bond donors (Lipinski definition) is 0. The van der Waals surface area contributed by atoms with Gasteiger partial charge in [-0.15, -0.1) is 0 Å². The highest BCUT2D eigenvalue weighted by molar-refractivity contribution is 9.10. The molecule has 0 atom stereocenters. The molecule has 0 N–H and O–H groups in total. The first-order valence-corrected chi connectivity index (χ1v) is 9.56. The highest BCUT2D eigenvalue weighted by atomic mass is 79.9. The van der Waals surface area contributed by atoms with Gasteiger partial charge >= 0.3 is 0 Å². The van der Waals surface area contributed by atoms with Crippen molar-refractivity contribution in [2.24, 2.45) is 0 Å². The van der Waals surface area contributed by atoms with Crippen LogP contribution in [0.15, 0.2) is 70.2 Å². The van der Waals surface area contributed by atoms with Gasteiger partial charge in [0.1, 0.15) is 19.1 Å². The van der Waals surface area contributed by atoms with Gasteiger partial charge in [-0.3, -0.25) is 0 Å². The molecule has 1 aliphatic rings. The summed E-state index contributed by atoms with van der Waals surface area (Å²) in [6.45, 7) is 0.627. The van der Waals surface area contributed by atoms with E-state index in [1.54, 1.807) is 24.3 Å². The molecule has 0 unspecified atom stereocenters. The van der Waals surface area contributed by atoms with Crippen LogP contribution in [0.25, 0.3) is 5.76 Å². The maximum absolute atomic E-state index is 12.9. The predicted octanol–water partition coefficient (Wildman–Crippen LogP) is 3.44. The number of halogens is 1. The van der Waals surface area contributed by atoms with Crippen LogP contribution in [-0.4, -0.2) is 32.7 Å². The zero-order valence-corrected chi connectivity index (χ0v) is 15.2. The van der Waals surface area contributed by atoms with Crippen LogP contribution in [0.2, 0.25) is 0 Å². The second kappa shape index (κ2) is 7.38. The maximum atomic E-state index is 12.9. The molecule has 3 rings (SSSR count). The zero-order valence-electron chi connectivity index (χ0n) is 12.8. The van der Waals surface area contributed by atoms with Crippen molar-refractivity contribution in [1.29, 1.82) is 0 Å². The summed E-state index contributed by atoms with van der Waals surface area (Å²) in [6.07, 6.45) is 1.48. The Morgan fingerprint density at radius 3 is 2.38 bits per heavy atom. The number of sulfonamides is 1. The Hall–Kier alpha value is -1.83. The van der Waals surface area contributed by atoms with Crippen LogP contribution >= 0.6 is 15.9 Å². The van der Waals surface area contributed by atoms with Crippen LogP contribution in [0, 0.1) is 0 Å². The Morgan fingerprint density at radius 2 is 1.67 bits per heavy atom. The summed E-state index contributed by atoms with van der Waals surface area (Å²) >= 11 is 3.31. The molecule has 2 aromatic carbocycles. The number of rotatable bonds is 3. The Balaban J connectivity index is 2.00. The Labute approximate surface area is 149 Å². The largest absolute Gasteiger partial charge is 0.489 e. The molecular weight excluding hydrogens is 394 g/mol. The van der Waals surface area contributed by atoms with E-state index in [9.17, 15) is 8.42 Å². The van der Waals surface area contributed by atoms with Gasteiger partial charge in [0.05, 0.1) is 17.7 Å². The summed E-state index contributed by atoms with van der Waals surface area (Å²) in [5, 5.41) is 0. The fourth-order valence-corrected chi connectivity index (χ4v) is 3.67. The lowest BCUT2D eigenvalue weighted by Crippen LogP contribution is -2.31. The Bertz CT molecular complexity index is 819. The molecule has 0 aliphatic carbocycles. The molecule has 0 saturated carbocycles. The van der Waals surface area contributed by atoms with Crippen molar-refractivity contribution in [2.75, 3.05) is 19.9 Å². The average Bonchev–Trinajstić information content (AvgIpc) is 2.56. The van der Waals surface area contributed by atoms with Crippen LogP contribution < -0.4 is 0 Å². The average molecular weight is 410 g/mol. The molecule has 0 aromatic heterocycles. The van der Waals surface area contributed by atoms with Gasteiger partial charge in [-0.25, -0.2) is 12.7 Å². The van der Waals surface area contributed by atoms with Crippen LogP contribution in [0.4, 0.5) is 0 Å². The predicted molar refractivity (Wildman–Crippen MR) is 94.4 cm³/mol. The van der Waals surface area contributed by atoms with Gasteiger partial charge in [-0.05, 0) is 24.3 Å². The molecule has 2 aromatic rings. The summed E-state index contributed by atoms with van der Waals surface area (Å²) in [7, 11) is -3.73. The maximum Gasteiger partial charge on any atom is 0.265 e. The van der Waals surface area contributed by atoms with Gasteiger partial charge in [0.2, 0.25) is 0 Å². The van der Waals surface area contributed by atoms with Gasteiger partial charge in [0.25, 0.3) is 10.0 Å². The molecule has 5 nitrogen and oxygen atoms in total. The summed E-state index contributed by atoms with van der Waals surface area (Å²) in [5.74, 6) is 0.500. The van der Waals surface area contributed by atoms with Crippen molar-refractivity contribution in [1.82, 2.24) is 4.31 Å². The molecule has 0 amide bonds. The van der Waals surface area contributed by atoms with E-state index in [2.05, 4.69) is 15.9 Å². The Kier molecular flexibility index (Phi) is 5.23. The van der Waals surface area contributed by atoms with Crippen molar-refractivity contribution < 1.29 is 17.9 Å². The van der Waals surface area contributed by atoms with Crippen LogP contribution in [-0.2, 0) is 19.5 Å². The fourth-order valence-electron chi connectivity index (χ4n) is 2.21. The van der Waals surface area contributed by atoms with E-state index in [4.69, 9.17) is 9.47 Å². The van der Waals surface area contributed by atoms with Gasteiger partial charge in [-0.2, -0.15) is 0 Å². The third kappa shape index (κ3) is 3.80. The molecule has 0 radical (unpaired) electrons. The first-order chi connectivity index (χ1) is 11.6. The Morgan fingerprint density at radius 1 is 0.958 bits per heavy atom. The van der Waals surface area contributed by atoms with Crippen LogP contribution in [0.1, 0.15) is 5.56 Å². The summed E-state index contributed by atoms with van der Waals surface area (Å²) in [5.41, 5.74) is 0.815. The minimum atomic E-state index is -3.73. The van der Waals surface area contributed by atoms with Crippen molar-refractivity contribution in [3.8, 4) is 0 Å². The third-order valence-electron chi connectivity index (χ3n) is 3.44. The van der Waals surface area contributed by atoms with E-state index >= 15 is 0 Å². The van der Waals surface area contributed by atoms with Crippen molar-refractivity contribution in [2.45, 2.75) is 4.90 Å². The quantitative estimate of drug-likeness (QED) is 0.778. The monoisotopic (exact) mass is 409 g/mol. The van der Waals surface area contributed by atoms with Crippen LogP contribution in [0.5, 0.6) is 0 Å². The van der Waals surface area contributed by atoms with E-state index in [0.717, 1.165) is 14.3 Å². The van der Waals surface area contributed by atoms with Gasteiger partial charge in [-0.1, -0.05) is 46.3 Å². The molecule has 0 spiro atoms. The first kappa shape index (κ1) is 17.0. The molecular formula is C17H16BrNO4S. The molecule has 24 heavy (non-hydrogen) atoms. The van der Waals surface area contributed by atoms with E-state index in [0.29, 0.717) is 19.0 Å². The summed E-state index contributed by atoms with van der Waals surface area (Å²) in [6, 6.07) is 15.9. The molecule has 0 fully saturated rings. The SMILES string of the molecule is O=S(=O)(c1ccc(Br)cc1)N1/C=C(/c2ccccc2)OCCOC1. The lowest BCUT2D eigenvalue weighted by molar-refractivity contribution is 0.0484. The smallest absolute Gasteiger partial charge is 0.265 e. The second-order valence-corrected chi connectivity index (χ2v) is 7.90. The van der Waals surface area contributed by atoms with E-state index < -0.39 is 10.0 Å². The molecule has 0 saturated heterocycles. The number of ether oxygens (including phenoxy) is 2. The molecule has 0 bridgehead atoms. The van der Waals surface area contributed by atoms with Crippen molar-refractivity contribution in [3.05, 3.63) is 70.8 Å². The normalized spacial score (nSPS) is 18.0. The standard InChI is InChI=1S/C17H16BrNO4S/c18-15-6-8-16(9-7-15)24(20,21)19-12-17(23-11-10-22-13-19)14-4-2-1-3-5-14/h1-9,12H,10-11,13H2/b17-12-. The highest BCUT2D eigenvalue weighted by Crippen LogP contribution is 2.24. The van der Waals surface area contributed by atoms with Gasteiger partial charge in [0.15, 0.2) is 0 Å². The first-order valence-electron chi connectivity index (χ1n) is 7.32. The third-order valence-corrected chi connectivity index (χ3v) is 5.67. The van der Waals surface area contributed by atoms with Gasteiger partial charge in [0, 0.05) is 10.0 Å². The lowest BCUT2D eigenvalue weighted by Gasteiger charge is -2.24. The van der Waals surface area contributed by atoms with E-state index in [1.807, 2.05) is 30.3 Å². The molecule has 1 heterocycles. The summed E-state index contributed by atoms with van der Waals surface area (Å²) in [4.78, 5) is 0.193. The van der Waals surface area contributed by atoms with Gasteiger partial charge < -0.3 is 9.47 Å². The second-order valence-electron chi connectivity index (χ2n) is 5.09. The number of nitrogens with zero attached hydrogens (tertiary/aromatic N) is 1. The lowest BCUT2D eigenvalue weighted by atomic mass is 10.2. The zero-order chi connectivity index (χ0) is 17.0. The molecule has 1 aliphatic heterocycles. The highest BCUT2D eigenvalue weighted by Gasteiger charge is 2.24.